The number of phenols is 1. The van der Waals surface area contributed by atoms with Crippen LogP contribution in [-0.2, 0) is 0 Å². The molecule has 0 unspecified atom stereocenters. The van der Waals surface area contributed by atoms with Crippen molar-refractivity contribution in [1.82, 2.24) is 0 Å². The van der Waals surface area contributed by atoms with Gasteiger partial charge >= 0.3 is 5.97 Å². The third kappa shape index (κ3) is 6.10. The molecule has 2 aromatic carbocycles. The molecule has 4 aromatic rings. The Kier molecular flexibility index (Phi) is 7.89. The number of aryl methyl sites for hydroxylation is 1. The summed E-state index contributed by atoms with van der Waals surface area (Å²) in [5, 5.41) is 42.5. The number of benzene rings is 2. The molecule has 0 atom stereocenters. The fraction of sp³-hybridized carbons (Fsp3) is 0.0435. The Morgan fingerprint density at radius 2 is 1.70 bits per heavy atom. The number of carboxylic acids is 1. The Morgan fingerprint density at radius 3 is 2.24 bits per heavy atom. The number of non-ortho nitro benzene ring substituents is 1. The van der Waals surface area contributed by atoms with Crippen LogP contribution in [0.1, 0.15) is 26.7 Å². The molecule has 0 fully saturated rings. The maximum atomic E-state index is 12.7. The van der Waals surface area contributed by atoms with Gasteiger partial charge in [0.15, 0.2) is 5.76 Å². The molecule has 0 saturated heterocycles. The van der Waals surface area contributed by atoms with Gasteiger partial charge in [0.05, 0.1) is 28.4 Å². The number of phenolic OH excluding ortho intramolecular Hbond substituents is 1. The first-order chi connectivity index (χ1) is 17.5. The van der Waals surface area contributed by atoms with E-state index in [0.29, 0.717) is 11.3 Å². The van der Waals surface area contributed by atoms with Crippen LogP contribution in [0.3, 0.4) is 0 Å². The Hall–Kier alpha value is -5.17. The smallest absolute Gasteiger partial charge is 0.371 e. The summed E-state index contributed by atoms with van der Waals surface area (Å²) in [5.41, 5.74) is 0.417. The Balaban J connectivity index is 0.000000405. The van der Waals surface area contributed by atoms with Crippen LogP contribution in [-0.4, -0.2) is 31.9 Å². The largest absolute Gasteiger partial charge is 0.507 e. The third-order valence-electron chi connectivity index (χ3n) is 4.82. The van der Waals surface area contributed by atoms with Crippen LogP contribution in [0.4, 0.5) is 17.1 Å². The van der Waals surface area contributed by atoms with E-state index < -0.39 is 33.2 Å². The van der Waals surface area contributed by atoms with Crippen molar-refractivity contribution in [3.8, 4) is 16.9 Å². The van der Waals surface area contributed by atoms with E-state index in [4.69, 9.17) is 21.1 Å². The maximum absolute atomic E-state index is 12.7. The van der Waals surface area contributed by atoms with Crippen LogP contribution in [0.2, 0.25) is 5.02 Å². The number of halogens is 1. The highest BCUT2D eigenvalue weighted by Gasteiger charge is 2.24. The number of hydrogen-bond acceptors (Lipinski definition) is 9. The predicted octanol–water partition coefficient (Wildman–Crippen LogP) is 5.66. The van der Waals surface area contributed by atoms with E-state index in [1.54, 1.807) is 6.92 Å². The zero-order valence-electron chi connectivity index (χ0n) is 18.7. The molecule has 3 N–H and O–H groups in total. The Bertz CT molecular complexity index is 1490. The summed E-state index contributed by atoms with van der Waals surface area (Å²) in [7, 11) is 0. The van der Waals surface area contributed by atoms with E-state index >= 15 is 0 Å². The normalized spacial score (nSPS) is 10.2. The number of nitrogens with zero attached hydrogens (tertiary/aromatic N) is 2. The van der Waals surface area contributed by atoms with Crippen molar-refractivity contribution in [2.24, 2.45) is 0 Å². The number of aromatic hydroxyl groups is 1. The molecule has 37 heavy (non-hydrogen) atoms. The van der Waals surface area contributed by atoms with Gasteiger partial charge in [0.25, 0.3) is 17.3 Å². The predicted molar refractivity (Wildman–Crippen MR) is 129 cm³/mol. The SMILES string of the molecule is Cc1cc([N+](=O)[O-])ccc1NC(=O)c1occc1-c1cc(Cl)c([N+](=O)[O-])cc1O.O=C(O)c1ccco1. The zero-order valence-corrected chi connectivity index (χ0v) is 19.5. The van der Waals surface area contributed by atoms with Crippen LogP contribution in [0.5, 0.6) is 5.75 Å². The number of carboxylic acid groups (broad SMARTS) is 1. The van der Waals surface area contributed by atoms with Crippen LogP contribution < -0.4 is 5.32 Å². The summed E-state index contributed by atoms with van der Waals surface area (Å²) in [6, 6.07) is 10.3. The molecule has 4 rings (SSSR count). The average molecular weight is 530 g/mol. The minimum Gasteiger partial charge on any atom is -0.507 e. The van der Waals surface area contributed by atoms with Gasteiger partial charge in [-0.3, -0.25) is 25.0 Å². The molecular formula is C23H16ClN3O10. The summed E-state index contributed by atoms with van der Waals surface area (Å²) in [6.45, 7) is 1.59. The van der Waals surface area contributed by atoms with E-state index in [-0.39, 0.29) is 33.4 Å². The maximum Gasteiger partial charge on any atom is 0.371 e. The summed E-state index contributed by atoms with van der Waals surface area (Å²) in [5.74, 6) is -2.37. The molecule has 0 bridgehead atoms. The number of aromatic carboxylic acids is 1. The molecular weight excluding hydrogens is 514 g/mol. The highest BCUT2D eigenvalue weighted by Crippen LogP contribution is 2.39. The van der Waals surface area contributed by atoms with Crippen LogP contribution >= 0.6 is 11.6 Å². The molecule has 2 aromatic heterocycles. The lowest BCUT2D eigenvalue weighted by atomic mass is 10.0. The average Bonchev–Trinajstić information content (AvgIpc) is 3.54. The fourth-order valence-corrected chi connectivity index (χ4v) is 3.32. The lowest BCUT2D eigenvalue weighted by molar-refractivity contribution is -0.385. The molecule has 0 spiro atoms. The number of carbonyl (C=O) groups excluding carboxylic acids is 1. The van der Waals surface area contributed by atoms with E-state index in [1.807, 2.05) is 0 Å². The molecule has 1 amide bonds. The molecule has 0 aliphatic heterocycles. The summed E-state index contributed by atoms with van der Waals surface area (Å²) in [4.78, 5) is 43.1. The zero-order chi connectivity index (χ0) is 27.3. The molecule has 0 aliphatic rings. The summed E-state index contributed by atoms with van der Waals surface area (Å²) in [6.07, 6.45) is 2.53. The Labute approximate surface area is 211 Å². The number of furan rings is 2. The second kappa shape index (κ2) is 11.0. The van der Waals surface area contributed by atoms with Crippen molar-refractivity contribution < 1.29 is 38.5 Å². The minimum absolute atomic E-state index is 0.0231. The molecule has 0 aliphatic carbocycles. The van der Waals surface area contributed by atoms with Crippen LogP contribution in [0, 0.1) is 27.2 Å². The van der Waals surface area contributed by atoms with Gasteiger partial charge in [0.1, 0.15) is 10.8 Å². The monoisotopic (exact) mass is 529 g/mol. The lowest BCUT2D eigenvalue weighted by Gasteiger charge is -2.09. The third-order valence-corrected chi connectivity index (χ3v) is 5.13. The van der Waals surface area contributed by atoms with Gasteiger partial charge in [0, 0.05) is 28.9 Å². The second-order valence-corrected chi connectivity index (χ2v) is 7.64. The first kappa shape index (κ1) is 26.4. The van der Waals surface area contributed by atoms with Crippen LogP contribution in [0.25, 0.3) is 11.1 Å². The highest BCUT2D eigenvalue weighted by molar-refractivity contribution is 6.33. The second-order valence-electron chi connectivity index (χ2n) is 7.23. The molecule has 0 radical (unpaired) electrons. The summed E-state index contributed by atoms with van der Waals surface area (Å²) >= 11 is 5.90. The van der Waals surface area contributed by atoms with Crippen molar-refractivity contribution in [2.75, 3.05) is 5.32 Å². The van der Waals surface area contributed by atoms with Crippen molar-refractivity contribution in [3.63, 3.8) is 0 Å². The molecule has 0 saturated carbocycles. The quantitative estimate of drug-likeness (QED) is 0.206. The van der Waals surface area contributed by atoms with Gasteiger partial charge in [0.2, 0.25) is 5.76 Å². The number of hydrogen-bond donors (Lipinski definition) is 3. The molecule has 2 heterocycles. The van der Waals surface area contributed by atoms with Crippen LogP contribution in [0.15, 0.2) is 69.9 Å². The van der Waals surface area contributed by atoms with Gasteiger partial charge in [-0.05, 0) is 42.8 Å². The number of carbonyl (C=O) groups is 2. The topological polar surface area (TPSA) is 199 Å². The number of anilines is 1. The summed E-state index contributed by atoms with van der Waals surface area (Å²) < 4.78 is 9.71. The van der Waals surface area contributed by atoms with Gasteiger partial charge in [-0.2, -0.15) is 0 Å². The van der Waals surface area contributed by atoms with Gasteiger partial charge < -0.3 is 24.4 Å². The number of amides is 1. The molecule has 14 heteroatoms. The van der Waals surface area contributed by atoms with E-state index in [2.05, 4.69) is 9.73 Å². The number of nitrogens with one attached hydrogen (secondary N) is 1. The first-order valence-electron chi connectivity index (χ1n) is 10.1. The number of rotatable bonds is 6. The highest BCUT2D eigenvalue weighted by atomic mass is 35.5. The van der Waals surface area contributed by atoms with E-state index in [9.17, 15) is 34.9 Å². The van der Waals surface area contributed by atoms with E-state index in [0.717, 1.165) is 12.1 Å². The lowest BCUT2D eigenvalue weighted by Crippen LogP contribution is -2.13. The molecule has 13 nitrogen and oxygen atoms in total. The van der Waals surface area contributed by atoms with Crippen molar-refractivity contribution in [2.45, 2.75) is 6.92 Å². The standard InChI is InChI=1S/C18H12ClN3O7.C5H4O3/c1-9-6-10(21(25)26)2-3-14(9)20-18(24)17-11(4-5-29-17)12-7-13(19)15(22(27)28)8-16(12)23;6-5(7)4-2-1-3-8-4/h2-8,23H,1H3,(H,20,24);1-3H,(H,6,7). The Morgan fingerprint density at radius 1 is 0.973 bits per heavy atom. The number of nitro groups is 2. The van der Waals surface area contributed by atoms with Gasteiger partial charge in [-0.1, -0.05) is 11.6 Å². The van der Waals surface area contributed by atoms with Crippen molar-refractivity contribution in [3.05, 3.63) is 103 Å². The minimum atomic E-state index is -1.03. The van der Waals surface area contributed by atoms with Gasteiger partial charge in [-0.25, -0.2) is 4.79 Å². The molecule has 190 valence electrons. The number of nitro benzene ring substituents is 2. The van der Waals surface area contributed by atoms with Crippen molar-refractivity contribution >= 4 is 40.5 Å². The van der Waals surface area contributed by atoms with E-state index in [1.165, 1.54) is 48.9 Å². The van der Waals surface area contributed by atoms with Crippen molar-refractivity contribution in [1.29, 1.82) is 0 Å². The fourth-order valence-electron chi connectivity index (χ4n) is 3.08. The van der Waals surface area contributed by atoms with Gasteiger partial charge in [-0.15, -0.1) is 0 Å². The first-order valence-corrected chi connectivity index (χ1v) is 10.4.